The number of aromatic nitrogens is 1. The normalized spacial score (nSPS) is 11.1. The smallest absolute Gasteiger partial charge is 0.258 e. The van der Waals surface area contributed by atoms with E-state index < -0.39 is 21.7 Å². The second-order valence-corrected chi connectivity index (χ2v) is 5.44. The van der Waals surface area contributed by atoms with E-state index in [1.54, 1.807) is 0 Å². The number of pyridine rings is 1. The second kappa shape index (κ2) is 5.35. The number of nitrogens with two attached hydrogens (primary N) is 1. The second-order valence-electron chi connectivity index (χ2n) is 3.88. The predicted octanol–water partition coefficient (Wildman–Crippen LogP) is 1.12. The zero-order valence-electron chi connectivity index (χ0n) is 10.1. The number of hydrogen-bond donors (Lipinski definition) is 2. The number of hydrogen-bond acceptors (Lipinski definition) is 4. The summed E-state index contributed by atoms with van der Waals surface area (Å²) in [6.07, 6.45) is 2.19. The van der Waals surface area contributed by atoms with E-state index in [1.165, 1.54) is 36.5 Å². The Morgan fingerprint density at radius 3 is 2.70 bits per heavy atom. The van der Waals surface area contributed by atoms with E-state index >= 15 is 0 Å². The minimum Gasteiger partial charge on any atom is -0.322 e. The predicted molar refractivity (Wildman–Crippen MR) is 70.0 cm³/mol. The van der Waals surface area contributed by atoms with Gasteiger partial charge in [0, 0.05) is 11.9 Å². The van der Waals surface area contributed by atoms with E-state index in [4.69, 9.17) is 5.14 Å². The number of nitrogens with zero attached hydrogens (tertiary/aromatic N) is 1. The fourth-order valence-electron chi connectivity index (χ4n) is 1.51. The number of primary sulfonamides is 1. The van der Waals surface area contributed by atoms with E-state index in [0.29, 0.717) is 0 Å². The number of amides is 1. The molecule has 0 unspecified atom stereocenters. The Morgan fingerprint density at radius 1 is 1.30 bits per heavy atom. The Hall–Kier alpha value is -2.32. The van der Waals surface area contributed by atoms with Crippen molar-refractivity contribution in [3.63, 3.8) is 0 Å². The number of rotatable bonds is 3. The maximum Gasteiger partial charge on any atom is 0.258 e. The maximum atomic E-state index is 13.4. The van der Waals surface area contributed by atoms with Crippen molar-refractivity contribution in [1.82, 2.24) is 4.98 Å². The van der Waals surface area contributed by atoms with Crippen LogP contribution in [0.3, 0.4) is 0 Å². The van der Waals surface area contributed by atoms with Crippen molar-refractivity contribution in [1.29, 1.82) is 0 Å². The van der Waals surface area contributed by atoms with Crippen LogP contribution in [0.1, 0.15) is 10.4 Å². The highest BCUT2D eigenvalue weighted by Gasteiger charge is 2.13. The molecule has 1 amide bonds. The van der Waals surface area contributed by atoms with Crippen LogP contribution in [0.2, 0.25) is 0 Å². The number of carbonyl (C=O) groups is 1. The average Bonchev–Trinajstić information content (AvgIpc) is 2.38. The fraction of sp³-hybridized carbons (Fsp3) is 0. The van der Waals surface area contributed by atoms with Crippen LogP contribution in [-0.4, -0.2) is 19.3 Å². The molecule has 6 nitrogen and oxygen atoms in total. The van der Waals surface area contributed by atoms with Crippen LogP contribution in [0.5, 0.6) is 0 Å². The van der Waals surface area contributed by atoms with Crippen molar-refractivity contribution in [2.75, 3.05) is 5.32 Å². The van der Waals surface area contributed by atoms with Gasteiger partial charge >= 0.3 is 0 Å². The molecular weight excluding hydrogens is 285 g/mol. The molecule has 1 aromatic heterocycles. The standard InChI is InChI=1S/C12H10FN3O3S/c13-11-7-15-5-4-10(11)12(17)16-8-2-1-3-9(6-8)20(14,18)19/h1-7H,(H,16,17)(H2,14,18,19). The van der Waals surface area contributed by atoms with Gasteiger partial charge in [-0.1, -0.05) is 6.07 Å². The van der Waals surface area contributed by atoms with Gasteiger partial charge in [0.15, 0.2) is 5.82 Å². The van der Waals surface area contributed by atoms with Gasteiger partial charge < -0.3 is 5.32 Å². The molecule has 1 heterocycles. The molecule has 0 spiro atoms. The molecule has 2 rings (SSSR count). The van der Waals surface area contributed by atoms with Crippen LogP contribution in [0.25, 0.3) is 0 Å². The maximum absolute atomic E-state index is 13.4. The summed E-state index contributed by atoms with van der Waals surface area (Å²) >= 11 is 0. The van der Waals surface area contributed by atoms with Crippen LogP contribution in [0.4, 0.5) is 10.1 Å². The van der Waals surface area contributed by atoms with Gasteiger partial charge in [0.1, 0.15) is 0 Å². The highest BCUT2D eigenvalue weighted by atomic mass is 32.2. The first-order chi connectivity index (χ1) is 9.38. The topological polar surface area (TPSA) is 102 Å². The van der Waals surface area contributed by atoms with Gasteiger partial charge in [-0.15, -0.1) is 0 Å². The third-order valence-electron chi connectivity index (χ3n) is 2.44. The van der Waals surface area contributed by atoms with Crippen molar-refractivity contribution in [3.05, 3.63) is 54.1 Å². The van der Waals surface area contributed by atoms with Crippen molar-refractivity contribution in [2.24, 2.45) is 5.14 Å². The Kier molecular flexibility index (Phi) is 3.77. The number of nitrogens with one attached hydrogen (secondary N) is 1. The van der Waals surface area contributed by atoms with Gasteiger partial charge in [-0.05, 0) is 24.3 Å². The molecule has 0 aliphatic rings. The van der Waals surface area contributed by atoms with Gasteiger partial charge in [-0.2, -0.15) is 0 Å². The molecule has 0 saturated heterocycles. The van der Waals surface area contributed by atoms with E-state index in [9.17, 15) is 17.6 Å². The van der Waals surface area contributed by atoms with Crippen LogP contribution in [-0.2, 0) is 10.0 Å². The Labute approximate surface area is 114 Å². The third-order valence-corrected chi connectivity index (χ3v) is 3.35. The van der Waals surface area contributed by atoms with Gasteiger partial charge in [-0.3, -0.25) is 9.78 Å². The molecule has 0 aliphatic heterocycles. The number of sulfonamides is 1. The lowest BCUT2D eigenvalue weighted by Crippen LogP contribution is -2.15. The third kappa shape index (κ3) is 3.16. The number of benzene rings is 1. The minimum atomic E-state index is -3.87. The van der Waals surface area contributed by atoms with Gasteiger partial charge in [0.05, 0.1) is 16.7 Å². The van der Waals surface area contributed by atoms with Crippen LogP contribution in [0, 0.1) is 5.82 Å². The van der Waals surface area contributed by atoms with Crippen molar-refractivity contribution in [3.8, 4) is 0 Å². The number of anilines is 1. The highest BCUT2D eigenvalue weighted by molar-refractivity contribution is 7.89. The molecule has 0 aliphatic carbocycles. The largest absolute Gasteiger partial charge is 0.322 e. The minimum absolute atomic E-state index is 0.148. The molecule has 1 aromatic carbocycles. The fourth-order valence-corrected chi connectivity index (χ4v) is 2.07. The molecule has 0 saturated carbocycles. The summed E-state index contributed by atoms with van der Waals surface area (Å²) in [5, 5.41) is 7.37. The quantitative estimate of drug-likeness (QED) is 0.885. The SMILES string of the molecule is NS(=O)(=O)c1cccc(NC(=O)c2ccncc2F)c1. The highest BCUT2D eigenvalue weighted by Crippen LogP contribution is 2.15. The van der Waals surface area contributed by atoms with E-state index in [1.807, 2.05) is 0 Å². The zero-order chi connectivity index (χ0) is 14.8. The number of carbonyl (C=O) groups excluding carboxylic acids is 1. The molecule has 0 bridgehead atoms. The molecule has 0 radical (unpaired) electrons. The van der Waals surface area contributed by atoms with Gasteiger partial charge in [0.25, 0.3) is 5.91 Å². The molecule has 104 valence electrons. The summed E-state index contributed by atoms with van der Waals surface area (Å²) in [7, 11) is -3.87. The molecular formula is C12H10FN3O3S. The molecule has 8 heteroatoms. The van der Waals surface area contributed by atoms with E-state index in [-0.39, 0.29) is 16.1 Å². The van der Waals surface area contributed by atoms with Crippen molar-refractivity contribution >= 4 is 21.6 Å². The summed E-state index contributed by atoms with van der Waals surface area (Å²) < 4.78 is 35.8. The van der Waals surface area contributed by atoms with Crippen LogP contribution in [0.15, 0.2) is 47.6 Å². The summed E-state index contributed by atoms with van der Waals surface area (Å²) in [5.41, 5.74) is -0.00116. The lowest BCUT2D eigenvalue weighted by molar-refractivity contribution is 0.102. The van der Waals surface area contributed by atoms with Crippen molar-refractivity contribution in [2.45, 2.75) is 4.90 Å². The first kappa shape index (κ1) is 14.1. The number of halogens is 1. The Bertz CT molecular complexity index is 762. The monoisotopic (exact) mass is 295 g/mol. The van der Waals surface area contributed by atoms with E-state index in [2.05, 4.69) is 10.3 Å². The molecule has 2 aromatic rings. The summed E-state index contributed by atoms with van der Waals surface area (Å²) in [5.74, 6) is -1.48. The van der Waals surface area contributed by atoms with Crippen molar-refractivity contribution < 1.29 is 17.6 Å². The molecule has 20 heavy (non-hydrogen) atoms. The molecule has 0 fully saturated rings. The molecule has 3 N–H and O–H groups in total. The average molecular weight is 295 g/mol. The summed E-state index contributed by atoms with van der Waals surface area (Å²) in [6.45, 7) is 0. The summed E-state index contributed by atoms with van der Waals surface area (Å²) in [6, 6.07) is 6.57. The zero-order valence-corrected chi connectivity index (χ0v) is 10.9. The van der Waals surface area contributed by atoms with E-state index in [0.717, 1.165) is 6.20 Å². The molecule has 0 atom stereocenters. The summed E-state index contributed by atoms with van der Waals surface area (Å²) in [4.78, 5) is 15.2. The van der Waals surface area contributed by atoms with Gasteiger partial charge in [-0.25, -0.2) is 17.9 Å². The lowest BCUT2D eigenvalue weighted by atomic mass is 10.2. The Morgan fingerprint density at radius 2 is 2.05 bits per heavy atom. The van der Waals surface area contributed by atoms with Crippen LogP contribution < -0.4 is 10.5 Å². The first-order valence-electron chi connectivity index (χ1n) is 5.41. The van der Waals surface area contributed by atoms with Crippen LogP contribution >= 0.6 is 0 Å². The Balaban J connectivity index is 2.27. The lowest BCUT2D eigenvalue weighted by Gasteiger charge is -2.07. The first-order valence-corrected chi connectivity index (χ1v) is 6.96. The van der Waals surface area contributed by atoms with Gasteiger partial charge in [0.2, 0.25) is 10.0 Å².